The Labute approximate surface area is 219 Å². The van der Waals surface area contributed by atoms with Crippen molar-refractivity contribution < 1.29 is 19.5 Å². The summed E-state index contributed by atoms with van der Waals surface area (Å²) in [5, 5.41) is 16.6. The topological polar surface area (TPSA) is 98.7 Å². The summed E-state index contributed by atoms with van der Waals surface area (Å²) in [6.45, 7) is 12.3. The number of likely N-dealkylation sites (tertiary alicyclic amines) is 1. The van der Waals surface area contributed by atoms with Crippen molar-refractivity contribution in [2.75, 3.05) is 13.7 Å². The molecule has 3 heterocycles. The van der Waals surface area contributed by atoms with Crippen LogP contribution in [-0.4, -0.2) is 63.0 Å². The van der Waals surface area contributed by atoms with Gasteiger partial charge in [-0.1, -0.05) is 58.0 Å². The molecular weight excluding hydrogens is 474 g/mol. The van der Waals surface area contributed by atoms with Crippen LogP contribution in [0.5, 0.6) is 0 Å². The number of rotatable bonds is 7. The van der Waals surface area contributed by atoms with Crippen molar-refractivity contribution in [1.29, 1.82) is 0 Å². The number of carbonyl (C=O) groups is 3. The predicted molar refractivity (Wildman–Crippen MR) is 142 cm³/mol. The first-order chi connectivity index (χ1) is 16.8. The molecule has 8 heteroatoms. The molecule has 36 heavy (non-hydrogen) atoms. The van der Waals surface area contributed by atoms with Crippen LogP contribution in [0.25, 0.3) is 0 Å². The van der Waals surface area contributed by atoms with Gasteiger partial charge in [-0.15, -0.1) is 11.8 Å². The van der Waals surface area contributed by atoms with Gasteiger partial charge in [-0.25, -0.2) is 0 Å². The van der Waals surface area contributed by atoms with Crippen molar-refractivity contribution in [3.8, 4) is 0 Å². The lowest BCUT2D eigenvalue weighted by atomic mass is 9.65. The van der Waals surface area contributed by atoms with Gasteiger partial charge in [-0.05, 0) is 43.6 Å². The molecule has 7 nitrogen and oxygen atoms in total. The molecule has 7 atom stereocenters. The Morgan fingerprint density at radius 2 is 1.81 bits per heavy atom. The molecule has 3 unspecified atom stereocenters. The number of nitrogens with one attached hydrogen (secondary N) is 2. The summed E-state index contributed by atoms with van der Waals surface area (Å²) >= 11 is 1.65. The van der Waals surface area contributed by atoms with Crippen molar-refractivity contribution in [2.45, 2.75) is 82.0 Å². The van der Waals surface area contributed by atoms with Crippen molar-refractivity contribution in [2.24, 2.45) is 23.2 Å². The Morgan fingerprint density at radius 3 is 2.36 bits per heavy atom. The van der Waals surface area contributed by atoms with Gasteiger partial charge in [0.1, 0.15) is 6.04 Å². The average molecular weight is 516 g/mol. The van der Waals surface area contributed by atoms with Crippen LogP contribution in [0.4, 0.5) is 0 Å². The van der Waals surface area contributed by atoms with Crippen molar-refractivity contribution in [3.63, 3.8) is 0 Å². The van der Waals surface area contributed by atoms with E-state index in [-0.39, 0.29) is 40.9 Å². The van der Waals surface area contributed by atoms with Crippen LogP contribution < -0.4 is 10.6 Å². The second-order valence-electron chi connectivity index (χ2n) is 12.6. The third-order valence-corrected chi connectivity index (χ3v) is 10.2. The van der Waals surface area contributed by atoms with E-state index in [0.717, 1.165) is 18.4 Å². The minimum Gasteiger partial charge on any atom is -0.394 e. The first-order valence-electron chi connectivity index (χ1n) is 13.0. The van der Waals surface area contributed by atoms with E-state index in [1.807, 2.05) is 44.2 Å². The molecule has 3 aliphatic rings. The monoisotopic (exact) mass is 515 g/mol. The minimum atomic E-state index is -0.786. The van der Waals surface area contributed by atoms with Gasteiger partial charge in [0.05, 0.1) is 29.2 Å². The summed E-state index contributed by atoms with van der Waals surface area (Å²) in [4.78, 5) is 43.2. The molecule has 3 N–H and O–H groups in total. The fraction of sp³-hybridized carbons (Fsp3) is 0.679. The molecule has 198 valence electrons. The zero-order chi connectivity index (χ0) is 26.6. The molecule has 2 bridgehead atoms. The lowest BCUT2D eigenvalue weighted by Gasteiger charge is -2.42. The number of carbonyl (C=O) groups excluding carboxylic acids is 3. The molecule has 1 aromatic carbocycles. The minimum absolute atomic E-state index is 0.00137. The highest BCUT2D eigenvalue weighted by Gasteiger charge is 2.76. The molecule has 0 saturated carbocycles. The lowest BCUT2D eigenvalue weighted by Crippen LogP contribution is -2.60. The molecule has 0 radical (unpaired) electrons. The maximum atomic E-state index is 14.3. The zero-order valence-electron chi connectivity index (χ0n) is 22.5. The lowest BCUT2D eigenvalue weighted by molar-refractivity contribution is -0.143. The molecule has 3 fully saturated rings. The maximum Gasteiger partial charge on any atom is 0.244 e. The first kappa shape index (κ1) is 27.0. The maximum absolute atomic E-state index is 14.3. The number of aliphatic hydroxyl groups is 1. The number of benzene rings is 1. The van der Waals surface area contributed by atoms with Gasteiger partial charge in [0, 0.05) is 17.8 Å². The van der Waals surface area contributed by atoms with Gasteiger partial charge in [0.15, 0.2) is 0 Å². The molecule has 3 saturated heterocycles. The predicted octanol–water partition coefficient (Wildman–Crippen LogP) is 3.13. The van der Waals surface area contributed by atoms with Crippen LogP contribution in [0.15, 0.2) is 30.3 Å². The first-order valence-corrected chi connectivity index (χ1v) is 13.8. The van der Waals surface area contributed by atoms with Gasteiger partial charge in [0.2, 0.25) is 17.7 Å². The number of fused-ring (bicyclic) bond motifs is 1. The highest BCUT2D eigenvalue weighted by atomic mass is 32.2. The Bertz CT molecular complexity index is 1020. The summed E-state index contributed by atoms with van der Waals surface area (Å²) in [5.41, 5.74) is 0.281. The van der Waals surface area contributed by atoms with Crippen LogP contribution in [0.1, 0.15) is 66.0 Å². The summed E-state index contributed by atoms with van der Waals surface area (Å²) < 4.78 is -0.719. The molecule has 1 aromatic rings. The van der Waals surface area contributed by atoms with Crippen molar-refractivity contribution >= 4 is 29.5 Å². The average Bonchev–Trinajstić information content (AvgIpc) is 3.36. The number of nitrogens with zero attached hydrogens (tertiary/aromatic N) is 1. The van der Waals surface area contributed by atoms with Gasteiger partial charge < -0.3 is 20.6 Å². The van der Waals surface area contributed by atoms with E-state index in [0.29, 0.717) is 0 Å². The summed E-state index contributed by atoms with van der Waals surface area (Å²) in [6.07, 6.45) is 1.54. The van der Waals surface area contributed by atoms with E-state index in [9.17, 15) is 19.5 Å². The van der Waals surface area contributed by atoms with E-state index in [1.54, 1.807) is 23.7 Å². The van der Waals surface area contributed by atoms with Gasteiger partial charge >= 0.3 is 0 Å². The highest BCUT2D eigenvalue weighted by molar-refractivity contribution is 8.02. The molecule has 3 amide bonds. The fourth-order valence-electron chi connectivity index (χ4n) is 7.36. The smallest absolute Gasteiger partial charge is 0.244 e. The number of aliphatic hydroxyl groups excluding tert-OH is 1. The Hall–Kier alpha value is -2.06. The SMILES string of the molecule is CNC(=O)[C@@H]1[C@H]2C(=O)N([C@H](CO)c3ccccc3)C(C(=O)NC(C)(C)CC(C)(C)C)C23S[C@@H]1CC3C. The molecule has 3 aliphatic heterocycles. The number of thioether (sulfide) groups is 1. The Kier molecular flexibility index (Phi) is 7.01. The van der Waals surface area contributed by atoms with Crippen LogP contribution >= 0.6 is 11.8 Å². The Balaban J connectivity index is 1.82. The second-order valence-corrected chi connectivity index (χ2v) is 14.2. The summed E-state index contributed by atoms with van der Waals surface area (Å²) in [6, 6.07) is 7.93. The zero-order valence-corrected chi connectivity index (χ0v) is 23.3. The van der Waals surface area contributed by atoms with Crippen LogP contribution in [0.3, 0.4) is 0 Å². The van der Waals surface area contributed by atoms with Gasteiger partial charge in [-0.3, -0.25) is 14.4 Å². The standard InChI is InChI=1S/C28H41N3O4S/c1-16-13-19-20(23(33)29-7)21-25(35)31(18(14-32)17-11-9-8-10-12-17)22(28(16,21)36-19)24(34)30-27(5,6)15-26(2,3)4/h8-12,16,18-22,32H,13-15H2,1-7H3,(H,29,33)(H,30,34)/t16?,18-,19-,20+,21+,22?,28?/m1/s1. The molecule has 0 aliphatic carbocycles. The highest BCUT2D eigenvalue weighted by Crippen LogP contribution is 2.69. The van der Waals surface area contributed by atoms with Crippen LogP contribution in [-0.2, 0) is 14.4 Å². The molecule has 0 aromatic heterocycles. The van der Waals surface area contributed by atoms with Gasteiger partial charge in [0.25, 0.3) is 0 Å². The largest absolute Gasteiger partial charge is 0.394 e. The number of hydrogen-bond donors (Lipinski definition) is 3. The van der Waals surface area contributed by atoms with Crippen molar-refractivity contribution in [3.05, 3.63) is 35.9 Å². The normalized spacial score (nSPS) is 32.4. The number of hydrogen-bond acceptors (Lipinski definition) is 5. The molecule has 1 spiro atoms. The number of amides is 3. The summed E-state index contributed by atoms with van der Waals surface area (Å²) in [7, 11) is 1.60. The third-order valence-electron chi connectivity index (χ3n) is 8.11. The van der Waals surface area contributed by atoms with E-state index in [1.165, 1.54) is 0 Å². The van der Waals surface area contributed by atoms with E-state index in [4.69, 9.17) is 0 Å². The molecular formula is C28H41N3O4S. The van der Waals surface area contributed by atoms with Gasteiger partial charge in [-0.2, -0.15) is 0 Å². The quantitative estimate of drug-likeness (QED) is 0.518. The Morgan fingerprint density at radius 1 is 1.17 bits per heavy atom. The van der Waals surface area contributed by atoms with Crippen LogP contribution in [0, 0.1) is 23.2 Å². The fourth-order valence-corrected chi connectivity index (χ4v) is 9.77. The third kappa shape index (κ3) is 4.34. The summed E-state index contributed by atoms with van der Waals surface area (Å²) in [5.74, 6) is -1.57. The van der Waals surface area contributed by atoms with E-state index in [2.05, 4.69) is 38.3 Å². The van der Waals surface area contributed by atoms with Crippen molar-refractivity contribution in [1.82, 2.24) is 15.5 Å². The second kappa shape index (κ2) is 9.35. The van der Waals surface area contributed by atoms with Crippen LogP contribution in [0.2, 0.25) is 0 Å². The molecule has 4 rings (SSSR count). The van der Waals surface area contributed by atoms with E-state index >= 15 is 0 Å². The van der Waals surface area contributed by atoms with E-state index < -0.39 is 34.2 Å².